The lowest BCUT2D eigenvalue weighted by atomic mass is 10.1. The van der Waals surface area contributed by atoms with Gasteiger partial charge in [-0.2, -0.15) is 0 Å². The summed E-state index contributed by atoms with van der Waals surface area (Å²) in [5.74, 6) is -1.04. The Labute approximate surface area is 338 Å². The average Bonchev–Trinajstić information content (AvgIpc) is 3.18. The number of unbranched alkanes of at least 4 members (excludes halogenated alkanes) is 15. The topological polar surface area (TPSA) is 169 Å². The Balaban J connectivity index is 4.47. The first kappa shape index (κ1) is 53.6. The third-order valence-corrected chi connectivity index (χ3v) is 9.68. The number of phosphoric ester groups is 1. The van der Waals surface area contributed by atoms with E-state index in [1.165, 1.54) is 64.2 Å². The molecule has 0 bridgehead atoms. The Morgan fingerprint density at radius 1 is 0.607 bits per heavy atom. The quantitative estimate of drug-likeness (QED) is 0.0153. The highest BCUT2D eigenvalue weighted by Crippen LogP contribution is 2.43. The zero-order valence-electron chi connectivity index (χ0n) is 34.7. The van der Waals surface area contributed by atoms with Crippen LogP contribution in [-0.4, -0.2) is 76.9 Å². The molecule has 11 nitrogen and oxygen atoms in total. The molecule has 0 radical (unpaired) electrons. The van der Waals surface area contributed by atoms with Crippen molar-refractivity contribution in [2.75, 3.05) is 26.4 Å². The summed E-state index contributed by atoms with van der Waals surface area (Å²) in [6, 6.07) is 0. The van der Waals surface area contributed by atoms with Gasteiger partial charge in [-0.15, -0.1) is 0 Å². The molecule has 0 spiro atoms. The molecule has 1 unspecified atom stereocenters. The molecule has 0 saturated heterocycles. The fraction of sp³-hybridized carbons (Fsp3) is 0.727. The molecular formula is C44H77O11P. The van der Waals surface area contributed by atoms with E-state index in [4.69, 9.17) is 19.1 Å². The molecule has 56 heavy (non-hydrogen) atoms. The van der Waals surface area contributed by atoms with E-state index in [2.05, 4.69) is 36.6 Å². The van der Waals surface area contributed by atoms with Gasteiger partial charge >= 0.3 is 19.8 Å². The number of allylic oxidation sites excluding steroid dienone is 8. The van der Waals surface area contributed by atoms with Crippen molar-refractivity contribution < 1.29 is 52.9 Å². The number of hydrogen-bond donors (Lipinski definition) is 4. The maximum Gasteiger partial charge on any atom is 0.472 e. The van der Waals surface area contributed by atoms with E-state index < -0.39 is 57.9 Å². The minimum Gasteiger partial charge on any atom is -0.462 e. The first-order valence-electron chi connectivity index (χ1n) is 21.4. The van der Waals surface area contributed by atoms with Crippen LogP contribution in [0.5, 0.6) is 0 Å². The van der Waals surface area contributed by atoms with Crippen molar-refractivity contribution in [2.24, 2.45) is 0 Å². The van der Waals surface area contributed by atoms with Crippen LogP contribution in [0.15, 0.2) is 60.8 Å². The van der Waals surface area contributed by atoms with Crippen molar-refractivity contribution in [3.8, 4) is 0 Å². The summed E-state index contributed by atoms with van der Waals surface area (Å²) in [6.07, 6.45) is 39.3. The number of phosphoric acid groups is 1. The van der Waals surface area contributed by atoms with Crippen molar-refractivity contribution in [3.05, 3.63) is 60.8 Å². The Hall–Kier alpha value is -2.37. The van der Waals surface area contributed by atoms with Crippen molar-refractivity contribution in [1.82, 2.24) is 0 Å². The standard InChI is InChI=1S/C44H77O11P/c1-3-5-7-9-11-12-13-14-15-16-17-18-22-27-31-35-44(49)55-42(39-54-56(50,51)53-37-41(47)36-45)38-52-43(48)34-30-26-23-19-21-25-29-33-40(46)32-28-24-20-10-8-6-4-2/h12-13,19-20,23-25,28-29,32,40-42,45-47H,3-11,14-18,21-22,26-27,30-31,33-39H2,1-2H3,(H,50,51)/b13-12-,23-19+,24-20-,29-25-,32-28-/t40-,41+,42-/m1/s1. The molecule has 324 valence electrons. The zero-order chi connectivity index (χ0) is 41.4. The van der Waals surface area contributed by atoms with Crippen molar-refractivity contribution in [2.45, 2.75) is 180 Å². The van der Waals surface area contributed by atoms with Gasteiger partial charge in [0.2, 0.25) is 0 Å². The Morgan fingerprint density at radius 2 is 1.14 bits per heavy atom. The van der Waals surface area contributed by atoms with Gasteiger partial charge in [0.1, 0.15) is 12.7 Å². The largest absolute Gasteiger partial charge is 0.472 e. The van der Waals surface area contributed by atoms with Crippen molar-refractivity contribution in [1.29, 1.82) is 0 Å². The predicted octanol–water partition coefficient (Wildman–Crippen LogP) is 10.1. The predicted molar refractivity (Wildman–Crippen MR) is 225 cm³/mol. The van der Waals surface area contributed by atoms with E-state index in [-0.39, 0.29) is 19.4 Å². The number of rotatable bonds is 39. The number of carbonyl (C=O) groups excluding carboxylic acids is 2. The summed E-state index contributed by atoms with van der Waals surface area (Å²) in [4.78, 5) is 34.9. The number of carbonyl (C=O) groups is 2. The van der Waals surface area contributed by atoms with Crippen LogP contribution < -0.4 is 0 Å². The molecule has 0 aliphatic rings. The molecule has 0 fully saturated rings. The van der Waals surface area contributed by atoms with Crippen LogP contribution in [0.3, 0.4) is 0 Å². The first-order chi connectivity index (χ1) is 27.1. The van der Waals surface area contributed by atoms with Gasteiger partial charge in [-0.05, 0) is 70.6 Å². The highest BCUT2D eigenvalue weighted by molar-refractivity contribution is 7.47. The summed E-state index contributed by atoms with van der Waals surface area (Å²) in [7, 11) is -4.65. The SMILES string of the molecule is CCCCC/C=C\C=C/[C@@H](O)C/C=C\C/C=C/CCCC(=O)OC[C@H](COP(=O)(O)OC[C@@H](O)CO)OC(=O)CCCCCCCCC/C=C\CCCCCC. The minimum absolute atomic E-state index is 0.129. The lowest BCUT2D eigenvalue weighted by Gasteiger charge is -2.20. The van der Waals surface area contributed by atoms with Crippen LogP contribution in [0.1, 0.15) is 162 Å². The molecule has 0 saturated carbocycles. The molecule has 0 aliphatic carbocycles. The number of aliphatic hydroxyl groups is 3. The molecule has 0 rings (SSSR count). The van der Waals surface area contributed by atoms with Crippen LogP contribution in [0.25, 0.3) is 0 Å². The van der Waals surface area contributed by atoms with Gasteiger partial charge in [0.25, 0.3) is 0 Å². The van der Waals surface area contributed by atoms with Crippen LogP contribution in [0, 0.1) is 0 Å². The molecule has 4 N–H and O–H groups in total. The molecule has 4 atom stereocenters. The monoisotopic (exact) mass is 813 g/mol. The van der Waals surface area contributed by atoms with Gasteiger partial charge in [0.05, 0.1) is 25.9 Å². The number of esters is 2. The van der Waals surface area contributed by atoms with Gasteiger partial charge < -0.3 is 29.7 Å². The second-order valence-corrected chi connectivity index (χ2v) is 15.7. The normalized spacial score (nSPS) is 15.0. The molecule has 12 heteroatoms. The number of ether oxygens (including phenoxy) is 2. The fourth-order valence-corrected chi connectivity index (χ4v) is 6.14. The summed E-state index contributed by atoms with van der Waals surface area (Å²) >= 11 is 0. The summed E-state index contributed by atoms with van der Waals surface area (Å²) in [6.45, 7) is 2.17. The van der Waals surface area contributed by atoms with E-state index >= 15 is 0 Å². The minimum atomic E-state index is -4.65. The van der Waals surface area contributed by atoms with Crippen LogP contribution in [0.2, 0.25) is 0 Å². The second kappa shape index (κ2) is 39.5. The van der Waals surface area contributed by atoms with Gasteiger partial charge in [-0.3, -0.25) is 18.6 Å². The lowest BCUT2D eigenvalue weighted by Crippen LogP contribution is -2.29. The van der Waals surface area contributed by atoms with Gasteiger partial charge in [0.15, 0.2) is 6.10 Å². The van der Waals surface area contributed by atoms with Crippen molar-refractivity contribution in [3.63, 3.8) is 0 Å². The van der Waals surface area contributed by atoms with Crippen molar-refractivity contribution >= 4 is 19.8 Å². The summed E-state index contributed by atoms with van der Waals surface area (Å²) in [5, 5.41) is 28.4. The van der Waals surface area contributed by atoms with Crippen LogP contribution >= 0.6 is 7.82 Å². The Kier molecular flexibility index (Phi) is 37.8. The lowest BCUT2D eigenvalue weighted by molar-refractivity contribution is -0.161. The summed E-state index contributed by atoms with van der Waals surface area (Å²) in [5.41, 5.74) is 0. The first-order valence-corrected chi connectivity index (χ1v) is 22.8. The maximum absolute atomic E-state index is 12.6. The van der Waals surface area contributed by atoms with E-state index in [0.717, 1.165) is 38.5 Å². The summed E-state index contributed by atoms with van der Waals surface area (Å²) < 4.78 is 32.6. The third kappa shape index (κ3) is 38.5. The zero-order valence-corrected chi connectivity index (χ0v) is 35.6. The van der Waals surface area contributed by atoms with Crippen LogP contribution in [-0.2, 0) is 32.7 Å². The maximum atomic E-state index is 12.6. The molecule has 0 aromatic rings. The molecule has 0 aliphatic heterocycles. The molecule has 0 aromatic carbocycles. The molecular weight excluding hydrogens is 735 g/mol. The highest BCUT2D eigenvalue weighted by Gasteiger charge is 2.27. The fourth-order valence-electron chi connectivity index (χ4n) is 5.35. The Bertz CT molecular complexity index is 1130. The molecule has 0 aromatic heterocycles. The van der Waals surface area contributed by atoms with Gasteiger partial charge in [0, 0.05) is 12.8 Å². The van der Waals surface area contributed by atoms with E-state index in [1.54, 1.807) is 6.08 Å². The molecule has 0 heterocycles. The third-order valence-electron chi connectivity index (χ3n) is 8.72. The Morgan fingerprint density at radius 3 is 1.84 bits per heavy atom. The number of hydrogen-bond acceptors (Lipinski definition) is 10. The van der Waals surface area contributed by atoms with E-state index in [9.17, 15) is 29.3 Å². The van der Waals surface area contributed by atoms with Gasteiger partial charge in [-0.25, -0.2) is 4.57 Å². The van der Waals surface area contributed by atoms with E-state index in [1.807, 2.05) is 36.5 Å². The van der Waals surface area contributed by atoms with Gasteiger partial charge in [-0.1, -0.05) is 139 Å². The number of aliphatic hydroxyl groups excluding tert-OH is 3. The smallest absolute Gasteiger partial charge is 0.462 e. The van der Waals surface area contributed by atoms with E-state index in [0.29, 0.717) is 32.1 Å². The average molecular weight is 813 g/mol. The van der Waals surface area contributed by atoms with Crippen LogP contribution in [0.4, 0.5) is 0 Å². The molecule has 0 amide bonds. The highest BCUT2D eigenvalue weighted by atomic mass is 31.2. The second-order valence-electron chi connectivity index (χ2n) is 14.2.